The molecule has 174 valence electrons. The largest absolute Gasteiger partial charge is 0.417 e. The fraction of sp³-hybridized carbons (Fsp3) is 0.458. The summed E-state index contributed by atoms with van der Waals surface area (Å²) in [6.07, 6.45) is 2.25. The molecule has 2 aliphatic rings. The molecule has 5 rings (SSSR count). The second-order valence-electron chi connectivity index (χ2n) is 8.85. The number of aromatic nitrogens is 3. The molecule has 6 nitrogen and oxygen atoms in total. The van der Waals surface area contributed by atoms with E-state index in [1.54, 1.807) is 0 Å². The summed E-state index contributed by atoms with van der Waals surface area (Å²) in [6, 6.07) is 8.35. The highest BCUT2D eigenvalue weighted by atomic mass is 19.4. The number of fused-ring (bicyclic) bond motifs is 3. The van der Waals surface area contributed by atoms with Gasteiger partial charge in [-0.05, 0) is 56.0 Å². The third-order valence-corrected chi connectivity index (χ3v) is 6.64. The second kappa shape index (κ2) is 8.68. The Kier molecular flexibility index (Phi) is 5.72. The number of hydrogen-bond acceptors (Lipinski definition) is 4. The van der Waals surface area contributed by atoms with E-state index in [0.29, 0.717) is 31.7 Å². The van der Waals surface area contributed by atoms with Crippen molar-refractivity contribution in [3.63, 3.8) is 0 Å². The normalized spacial score (nSPS) is 17.6. The zero-order valence-corrected chi connectivity index (χ0v) is 18.2. The van der Waals surface area contributed by atoms with Gasteiger partial charge < -0.3 is 14.8 Å². The molecular weight excluding hydrogens is 431 g/mol. The molecule has 0 saturated carbocycles. The smallest absolute Gasteiger partial charge is 0.357 e. The molecule has 0 bridgehead atoms. The Balaban J connectivity index is 1.20. The first-order valence-electron chi connectivity index (χ1n) is 11.5. The minimum absolute atomic E-state index is 0.0323. The maximum absolute atomic E-state index is 12.8. The van der Waals surface area contributed by atoms with Gasteiger partial charge in [0.15, 0.2) is 0 Å². The van der Waals surface area contributed by atoms with Crippen molar-refractivity contribution in [2.75, 3.05) is 23.3 Å². The number of carbonyl (C=O) groups excluding carboxylic acids is 1. The molecule has 33 heavy (non-hydrogen) atoms. The van der Waals surface area contributed by atoms with Crippen LogP contribution < -0.4 is 10.2 Å². The number of nitrogens with zero attached hydrogens (tertiary/aromatic N) is 4. The lowest BCUT2D eigenvalue weighted by Crippen LogP contribution is -2.38. The number of halogens is 3. The van der Waals surface area contributed by atoms with Crippen LogP contribution in [0.15, 0.2) is 36.5 Å². The van der Waals surface area contributed by atoms with E-state index < -0.39 is 11.7 Å². The van der Waals surface area contributed by atoms with Crippen molar-refractivity contribution in [3.8, 4) is 0 Å². The summed E-state index contributed by atoms with van der Waals surface area (Å²) in [7, 11) is 0. The molecule has 2 aliphatic heterocycles. The summed E-state index contributed by atoms with van der Waals surface area (Å²) in [5.74, 6) is 1.45. The van der Waals surface area contributed by atoms with Gasteiger partial charge in [-0.1, -0.05) is 6.42 Å². The van der Waals surface area contributed by atoms with Gasteiger partial charge in [-0.25, -0.2) is 9.97 Å². The van der Waals surface area contributed by atoms with Gasteiger partial charge in [-0.3, -0.25) is 4.79 Å². The highest BCUT2D eigenvalue weighted by Crippen LogP contribution is 2.31. The molecule has 1 aromatic carbocycles. The number of pyridine rings is 1. The lowest BCUT2D eigenvalue weighted by Gasteiger charge is -2.32. The first-order chi connectivity index (χ1) is 15.9. The van der Waals surface area contributed by atoms with Gasteiger partial charge in [-0.15, -0.1) is 0 Å². The molecule has 4 heterocycles. The number of imidazole rings is 1. The van der Waals surface area contributed by atoms with Crippen molar-refractivity contribution in [2.45, 2.75) is 51.2 Å². The number of hydrogen-bond donors (Lipinski definition) is 1. The number of alkyl halides is 3. The summed E-state index contributed by atoms with van der Waals surface area (Å²) in [5.41, 5.74) is 2.01. The molecule has 1 fully saturated rings. The van der Waals surface area contributed by atoms with Gasteiger partial charge >= 0.3 is 6.18 Å². The number of aryl methyl sites for hydroxylation is 2. The van der Waals surface area contributed by atoms with E-state index in [0.717, 1.165) is 60.6 Å². The quantitative estimate of drug-likeness (QED) is 0.599. The minimum atomic E-state index is -4.39. The lowest BCUT2D eigenvalue weighted by molar-refractivity contribution is -0.137. The van der Waals surface area contributed by atoms with Gasteiger partial charge in [0.25, 0.3) is 0 Å². The average molecular weight is 458 g/mol. The Bertz CT molecular complexity index is 1150. The monoisotopic (exact) mass is 457 g/mol. The van der Waals surface area contributed by atoms with Crippen molar-refractivity contribution >= 4 is 28.4 Å². The molecule has 1 amide bonds. The van der Waals surface area contributed by atoms with Crippen LogP contribution >= 0.6 is 0 Å². The fourth-order valence-electron chi connectivity index (χ4n) is 4.78. The topological polar surface area (TPSA) is 63.1 Å². The van der Waals surface area contributed by atoms with Gasteiger partial charge in [0.1, 0.15) is 11.6 Å². The molecule has 0 unspecified atom stereocenters. The van der Waals surface area contributed by atoms with Gasteiger partial charge in [-0.2, -0.15) is 13.2 Å². The number of piperidine rings is 1. The third-order valence-electron chi connectivity index (χ3n) is 6.64. The predicted molar refractivity (Wildman–Crippen MR) is 120 cm³/mol. The van der Waals surface area contributed by atoms with Crippen LogP contribution in [0.25, 0.3) is 11.0 Å². The van der Waals surface area contributed by atoms with E-state index in [2.05, 4.69) is 14.9 Å². The number of nitrogens with one attached hydrogen (secondary N) is 1. The van der Waals surface area contributed by atoms with E-state index in [9.17, 15) is 18.0 Å². The van der Waals surface area contributed by atoms with Crippen LogP contribution in [0.2, 0.25) is 0 Å². The molecule has 0 aliphatic carbocycles. The SMILES string of the molecule is O=C(Nc1ccc2c(c1)nc1n2CCCCC1)C1CCN(c2ccc(C(F)(F)F)cn2)CC1. The van der Waals surface area contributed by atoms with Gasteiger partial charge in [0, 0.05) is 43.9 Å². The molecule has 1 N–H and O–H groups in total. The Morgan fingerprint density at radius 1 is 1.03 bits per heavy atom. The first kappa shape index (κ1) is 21.7. The minimum Gasteiger partial charge on any atom is -0.357 e. The van der Waals surface area contributed by atoms with Crippen LogP contribution in [0.3, 0.4) is 0 Å². The molecule has 9 heteroatoms. The van der Waals surface area contributed by atoms with E-state index in [4.69, 9.17) is 4.98 Å². The Labute approximate surface area is 189 Å². The standard InChI is InChI=1S/C24H26F3N5O/c25-24(26,27)17-5-8-21(28-15-17)31-12-9-16(10-13-31)23(33)29-18-6-7-20-19(14-18)30-22-4-2-1-3-11-32(20)22/h5-8,14-16H,1-4,9-13H2,(H,29,33). The van der Waals surface area contributed by atoms with Crippen LogP contribution in [0, 0.1) is 5.92 Å². The molecule has 0 atom stereocenters. The summed E-state index contributed by atoms with van der Waals surface area (Å²) in [4.78, 5) is 23.5. The van der Waals surface area contributed by atoms with Gasteiger partial charge in [0.05, 0.1) is 16.6 Å². The molecule has 1 saturated heterocycles. The maximum atomic E-state index is 12.8. The predicted octanol–water partition coefficient (Wildman–Crippen LogP) is 5.03. The number of carbonyl (C=O) groups is 1. The summed E-state index contributed by atoms with van der Waals surface area (Å²) >= 11 is 0. The van der Waals surface area contributed by atoms with Crippen molar-refractivity contribution in [1.82, 2.24) is 14.5 Å². The molecule has 0 spiro atoms. The van der Waals surface area contributed by atoms with Crippen molar-refractivity contribution in [2.24, 2.45) is 5.92 Å². The Morgan fingerprint density at radius 2 is 1.85 bits per heavy atom. The molecule has 0 radical (unpaired) electrons. The Morgan fingerprint density at radius 3 is 2.58 bits per heavy atom. The first-order valence-corrected chi connectivity index (χ1v) is 11.5. The van der Waals surface area contributed by atoms with Crippen LogP contribution in [0.5, 0.6) is 0 Å². The zero-order chi connectivity index (χ0) is 23.0. The average Bonchev–Trinajstić information content (AvgIpc) is 2.98. The maximum Gasteiger partial charge on any atom is 0.417 e. The van der Waals surface area contributed by atoms with Crippen LogP contribution in [0.4, 0.5) is 24.7 Å². The number of anilines is 2. The number of benzene rings is 1. The van der Waals surface area contributed by atoms with E-state index in [1.807, 2.05) is 23.1 Å². The van der Waals surface area contributed by atoms with Crippen LogP contribution in [-0.4, -0.2) is 33.5 Å². The van der Waals surface area contributed by atoms with Crippen LogP contribution in [0.1, 0.15) is 43.5 Å². The van der Waals surface area contributed by atoms with Crippen molar-refractivity contribution in [3.05, 3.63) is 47.9 Å². The number of rotatable bonds is 3. The Hall–Kier alpha value is -3.10. The van der Waals surface area contributed by atoms with Crippen molar-refractivity contribution in [1.29, 1.82) is 0 Å². The molecule has 2 aromatic heterocycles. The lowest BCUT2D eigenvalue weighted by atomic mass is 9.95. The van der Waals surface area contributed by atoms with Crippen LogP contribution in [-0.2, 0) is 23.9 Å². The zero-order valence-electron chi connectivity index (χ0n) is 18.2. The van der Waals surface area contributed by atoms with Crippen molar-refractivity contribution < 1.29 is 18.0 Å². The fourth-order valence-corrected chi connectivity index (χ4v) is 4.78. The summed E-state index contributed by atoms with van der Waals surface area (Å²) in [6.45, 7) is 2.14. The highest BCUT2D eigenvalue weighted by Gasteiger charge is 2.31. The van der Waals surface area contributed by atoms with E-state index in [-0.39, 0.29) is 11.8 Å². The molecular formula is C24H26F3N5O. The third kappa shape index (κ3) is 4.54. The van der Waals surface area contributed by atoms with E-state index >= 15 is 0 Å². The molecule has 3 aromatic rings. The van der Waals surface area contributed by atoms with E-state index in [1.165, 1.54) is 12.5 Å². The number of amides is 1. The second-order valence-corrected chi connectivity index (χ2v) is 8.85. The summed E-state index contributed by atoms with van der Waals surface area (Å²) in [5, 5.41) is 3.03. The highest BCUT2D eigenvalue weighted by molar-refractivity contribution is 5.94. The summed E-state index contributed by atoms with van der Waals surface area (Å²) < 4.78 is 40.5. The van der Waals surface area contributed by atoms with Gasteiger partial charge in [0.2, 0.25) is 5.91 Å².